The fraction of sp³-hybridized carbons (Fsp3) is 0.538. The molecule has 10 heteroatoms. The molecule has 1 atom stereocenters. The first kappa shape index (κ1) is 26.9. The highest BCUT2D eigenvalue weighted by atomic mass is 32.2. The Morgan fingerprint density at radius 2 is 2.08 bits per heavy atom. The van der Waals surface area contributed by atoms with Crippen LogP contribution in [-0.2, 0) is 35.3 Å². The Morgan fingerprint density at radius 3 is 2.81 bits per heavy atom. The molecule has 1 aliphatic rings. The van der Waals surface area contributed by atoms with Crippen LogP contribution < -0.4 is 5.32 Å². The first-order chi connectivity index (χ1) is 17.4. The van der Waals surface area contributed by atoms with Crippen molar-refractivity contribution >= 4 is 51.3 Å². The summed E-state index contributed by atoms with van der Waals surface area (Å²) in [7, 11) is 0. The van der Waals surface area contributed by atoms with Crippen molar-refractivity contribution in [1.29, 1.82) is 0 Å². The number of thiophene rings is 2. The van der Waals surface area contributed by atoms with Crippen LogP contribution >= 0.6 is 34.4 Å². The van der Waals surface area contributed by atoms with Gasteiger partial charge in [-0.1, -0.05) is 32.5 Å². The second-order valence-corrected chi connectivity index (χ2v) is 12.2. The van der Waals surface area contributed by atoms with Gasteiger partial charge in [-0.3, -0.25) is 4.79 Å². The molecule has 0 bridgehead atoms. The van der Waals surface area contributed by atoms with Gasteiger partial charge in [0.05, 0.1) is 17.9 Å². The molecule has 36 heavy (non-hydrogen) atoms. The van der Waals surface area contributed by atoms with Crippen molar-refractivity contribution in [2.75, 3.05) is 17.7 Å². The smallest absolute Gasteiger partial charge is 0.341 e. The molecule has 0 fully saturated rings. The molecule has 1 aliphatic carbocycles. The molecule has 1 N–H and O–H groups in total. The van der Waals surface area contributed by atoms with Crippen LogP contribution in [0.1, 0.15) is 71.8 Å². The lowest BCUT2D eigenvalue weighted by atomic mass is 9.88. The zero-order chi connectivity index (χ0) is 25.8. The van der Waals surface area contributed by atoms with Gasteiger partial charge in [0.15, 0.2) is 11.0 Å². The molecule has 3 aromatic rings. The Balaban J connectivity index is 1.52. The number of ether oxygens (including phenoxy) is 1. The minimum atomic E-state index is -0.349. The van der Waals surface area contributed by atoms with E-state index in [4.69, 9.17) is 4.74 Å². The summed E-state index contributed by atoms with van der Waals surface area (Å²) in [6, 6.07) is 0. The minimum Gasteiger partial charge on any atom is -0.462 e. The summed E-state index contributed by atoms with van der Waals surface area (Å²) in [4.78, 5) is 28.3. The number of esters is 1. The number of rotatable bonds is 10. The van der Waals surface area contributed by atoms with Crippen LogP contribution in [0, 0.1) is 12.8 Å². The monoisotopic (exact) mass is 546 g/mol. The lowest BCUT2D eigenvalue weighted by Gasteiger charge is -2.18. The molecule has 1 unspecified atom stereocenters. The number of thioether (sulfide) groups is 1. The number of carbonyl (C=O) groups is 2. The lowest BCUT2D eigenvalue weighted by molar-refractivity contribution is -0.113. The molecule has 4 rings (SSSR count). The van der Waals surface area contributed by atoms with Gasteiger partial charge in [0.1, 0.15) is 5.00 Å². The molecule has 1 amide bonds. The molecular formula is C26H34N4O3S3. The van der Waals surface area contributed by atoms with Crippen LogP contribution in [0.2, 0.25) is 0 Å². The van der Waals surface area contributed by atoms with E-state index in [1.165, 1.54) is 38.4 Å². The van der Waals surface area contributed by atoms with Gasteiger partial charge < -0.3 is 14.6 Å². The number of nitrogens with zero attached hydrogens (tertiary/aromatic N) is 3. The molecule has 3 heterocycles. The van der Waals surface area contributed by atoms with Gasteiger partial charge in [0, 0.05) is 27.2 Å². The largest absolute Gasteiger partial charge is 0.462 e. The van der Waals surface area contributed by atoms with Gasteiger partial charge in [0.2, 0.25) is 5.91 Å². The van der Waals surface area contributed by atoms with E-state index in [-0.39, 0.29) is 17.6 Å². The van der Waals surface area contributed by atoms with Crippen molar-refractivity contribution in [2.24, 2.45) is 5.92 Å². The highest BCUT2D eigenvalue weighted by Gasteiger charge is 2.29. The van der Waals surface area contributed by atoms with Crippen molar-refractivity contribution in [3.8, 4) is 11.4 Å². The van der Waals surface area contributed by atoms with E-state index in [1.807, 2.05) is 0 Å². The summed E-state index contributed by atoms with van der Waals surface area (Å²) in [6.07, 6.45) is 4.70. The number of aryl methyl sites for hydroxylation is 1. The number of aromatic nitrogens is 3. The van der Waals surface area contributed by atoms with Gasteiger partial charge in [0.25, 0.3) is 0 Å². The van der Waals surface area contributed by atoms with Gasteiger partial charge in [-0.05, 0) is 63.0 Å². The van der Waals surface area contributed by atoms with Crippen molar-refractivity contribution in [3.05, 3.63) is 31.8 Å². The van der Waals surface area contributed by atoms with Gasteiger partial charge in [-0.15, -0.1) is 32.9 Å². The Hall–Kier alpha value is -2.17. The van der Waals surface area contributed by atoms with E-state index in [9.17, 15) is 9.59 Å². The third kappa shape index (κ3) is 5.55. The third-order valence-corrected chi connectivity index (χ3v) is 9.53. The SMILES string of the molecule is CCCn1c(SCC(=O)Nc2sc3c(c2C(=O)OCC)CCC(C)C3)nnc1-c1csc(C)c1CC. The predicted octanol–water partition coefficient (Wildman–Crippen LogP) is 6.38. The zero-order valence-electron chi connectivity index (χ0n) is 21.6. The normalized spacial score (nSPS) is 15.1. The predicted molar refractivity (Wildman–Crippen MR) is 149 cm³/mol. The summed E-state index contributed by atoms with van der Waals surface area (Å²) in [5.74, 6) is 1.12. The fourth-order valence-corrected chi connectivity index (χ4v) is 7.80. The second kappa shape index (κ2) is 11.9. The van der Waals surface area contributed by atoms with E-state index in [2.05, 4.69) is 53.2 Å². The third-order valence-electron chi connectivity index (χ3n) is 6.44. The first-order valence-corrected chi connectivity index (χ1v) is 15.3. The van der Waals surface area contributed by atoms with Crippen molar-refractivity contribution in [1.82, 2.24) is 14.8 Å². The first-order valence-electron chi connectivity index (χ1n) is 12.6. The van der Waals surface area contributed by atoms with Crippen LogP contribution in [0.15, 0.2) is 10.5 Å². The molecule has 0 saturated heterocycles. The summed E-state index contributed by atoms with van der Waals surface area (Å²) >= 11 is 4.63. The maximum absolute atomic E-state index is 13.0. The van der Waals surface area contributed by atoms with E-state index < -0.39 is 0 Å². The van der Waals surface area contributed by atoms with Crippen LogP contribution in [0.4, 0.5) is 5.00 Å². The Labute approximate surface area is 225 Å². The number of carbonyl (C=O) groups excluding carboxylic acids is 2. The van der Waals surface area contributed by atoms with Gasteiger partial charge >= 0.3 is 5.97 Å². The van der Waals surface area contributed by atoms with Crippen molar-refractivity contribution < 1.29 is 14.3 Å². The summed E-state index contributed by atoms with van der Waals surface area (Å²) in [5, 5.41) is 15.4. The molecule has 7 nitrogen and oxygen atoms in total. The highest BCUT2D eigenvalue weighted by molar-refractivity contribution is 7.99. The summed E-state index contributed by atoms with van der Waals surface area (Å²) in [6.45, 7) is 11.5. The Bertz CT molecular complexity index is 1240. The van der Waals surface area contributed by atoms with Crippen LogP contribution in [0.3, 0.4) is 0 Å². The number of hydrogen-bond acceptors (Lipinski definition) is 8. The lowest BCUT2D eigenvalue weighted by Crippen LogP contribution is -2.18. The number of hydrogen-bond donors (Lipinski definition) is 1. The van der Waals surface area contributed by atoms with Crippen LogP contribution in [0.5, 0.6) is 0 Å². The standard InChI is InChI=1S/C26H34N4O3S3/c1-6-11-30-23(19-13-34-16(5)17(19)7-2)28-29-26(30)35-14-21(31)27-24-22(25(32)33-8-3)18-10-9-15(4)12-20(18)36-24/h13,15H,6-12,14H2,1-5H3,(H,27,31). The van der Waals surface area contributed by atoms with E-state index >= 15 is 0 Å². The fourth-order valence-electron chi connectivity index (χ4n) is 4.68. The topological polar surface area (TPSA) is 86.1 Å². The average Bonchev–Trinajstić information content (AvgIpc) is 3.52. The molecule has 0 radical (unpaired) electrons. The van der Waals surface area contributed by atoms with Gasteiger partial charge in [-0.2, -0.15) is 0 Å². The number of fused-ring (bicyclic) bond motifs is 1. The average molecular weight is 547 g/mol. The molecule has 0 aromatic carbocycles. The molecule has 194 valence electrons. The maximum atomic E-state index is 13.0. The zero-order valence-corrected chi connectivity index (χ0v) is 24.1. The molecule has 3 aromatic heterocycles. The van der Waals surface area contributed by atoms with Gasteiger partial charge in [-0.25, -0.2) is 4.79 Å². The number of amides is 1. The number of nitrogens with one attached hydrogen (secondary N) is 1. The maximum Gasteiger partial charge on any atom is 0.341 e. The van der Waals surface area contributed by atoms with Crippen LogP contribution in [0.25, 0.3) is 11.4 Å². The Morgan fingerprint density at radius 1 is 1.28 bits per heavy atom. The van der Waals surface area contributed by atoms with Crippen molar-refractivity contribution in [3.63, 3.8) is 0 Å². The van der Waals surface area contributed by atoms with E-state index in [0.29, 0.717) is 23.1 Å². The minimum absolute atomic E-state index is 0.162. The molecule has 0 aliphatic heterocycles. The summed E-state index contributed by atoms with van der Waals surface area (Å²) < 4.78 is 7.45. The van der Waals surface area contributed by atoms with Crippen molar-refractivity contribution in [2.45, 2.75) is 78.4 Å². The Kier molecular flexibility index (Phi) is 8.90. The molecular weight excluding hydrogens is 513 g/mol. The quantitative estimate of drug-likeness (QED) is 0.235. The van der Waals surface area contributed by atoms with E-state index in [0.717, 1.165) is 60.8 Å². The number of anilines is 1. The molecule has 0 saturated carbocycles. The van der Waals surface area contributed by atoms with E-state index in [1.54, 1.807) is 18.3 Å². The summed E-state index contributed by atoms with van der Waals surface area (Å²) in [5.41, 5.74) is 4.03. The van der Waals surface area contributed by atoms with Crippen LogP contribution in [-0.4, -0.2) is 39.0 Å². The molecule has 0 spiro atoms. The second-order valence-electron chi connectivity index (χ2n) is 9.11. The highest BCUT2D eigenvalue weighted by Crippen LogP contribution is 2.40.